The summed E-state index contributed by atoms with van der Waals surface area (Å²) in [7, 11) is 0. The standard InChI is InChI=1S/C24H26N6O2/c1-18(27-28-24(32)19-8-11-25-12-9-19)21-6-4-5-20(23(21)31)17-29-13-15-30(16-14-29)22-7-2-3-10-26-22/h2-12,31H,13-17H2,1H3,(H,28,32)/b27-18-. The SMILES string of the molecule is C/C(=N/NC(=O)c1ccncc1)c1cccc(CN2CCN(c3ccccn3)CC2)c1O. The molecule has 4 rings (SSSR count). The lowest BCUT2D eigenvalue weighted by Crippen LogP contribution is -2.46. The zero-order valence-corrected chi connectivity index (χ0v) is 18.0. The molecule has 32 heavy (non-hydrogen) atoms. The number of hydrogen-bond acceptors (Lipinski definition) is 7. The van der Waals surface area contributed by atoms with Crippen molar-refractivity contribution in [3.8, 4) is 5.75 Å². The number of hydrazone groups is 1. The Morgan fingerprint density at radius 3 is 2.53 bits per heavy atom. The molecule has 1 fully saturated rings. The van der Waals surface area contributed by atoms with E-state index in [1.54, 1.807) is 37.5 Å². The number of aromatic nitrogens is 2. The number of aromatic hydroxyl groups is 1. The molecule has 8 heteroatoms. The van der Waals surface area contributed by atoms with Crippen molar-refractivity contribution >= 4 is 17.4 Å². The highest BCUT2D eigenvalue weighted by Gasteiger charge is 2.20. The fourth-order valence-corrected chi connectivity index (χ4v) is 3.69. The normalized spacial score (nSPS) is 14.9. The van der Waals surface area contributed by atoms with Crippen LogP contribution in [0.2, 0.25) is 0 Å². The lowest BCUT2D eigenvalue weighted by atomic mass is 10.0. The first-order valence-electron chi connectivity index (χ1n) is 10.6. The zero-order valence-electron chi connectivity index (χ0n) is 18.0. The average Bonchev–Trinajstić information content (AvgIpc) is 2.85. The number of nitrogens with zero attached hydrogens (tertiary/aromatic N) is 5. The lowest BCUT2D eigenvalue weighted by molar-refractivity contribution is 0.0954. The van der Waals surface area contributed by atoms with Gasteiger partial charge in [-0.1, -0.05) is 18.2 Å². The van der Waals surface area contributed by atoms with E-state index in [4.69, 9.17) is 0 Å². The Balaban J connectivity index is 1.39. The van der Waals surface area contributed by atoms with Gasteiger partial charge in [0.2, 0.25) is 0 Å². The molecule has 0 aliphatic carbocycles. The van der Waals surface area contributed by atoms with Crippen molar-refractivity contribution in [2.45, 2.75) is 13.5 Å². The third kappa shape index (κ3) is 5.09. The summed E-state index contributed by atoms with van der Waals surface area (Å²) in [6, 6.07) is 14.8. The Morgan fingerprint density at radius 2 is 1.81 bits per heavy atom. The highest BCUT2D eigenvalue weighted by atomic mass is 16.3. The van der Waals surface area contributed by atoms with Crippen molar-refractivity contribution in [2.75, 3.05) is 31.1 Å². The molecule has 0 unspecified atom stereocenters. The number of nitrogens with one attached hydrogen (secondary N) is 1. The molecule has 3 aromatic rings. The average molecular weight is 431 g/mol. The molecule has 0 saturated carbocycles. The zero-order chi connectivity index (χ0) is 22.3. The Labute approximate surface area is 187 Å². The third-order valence-corrected chi connectivity index (χ3v) is 5.52. The Kier molecular flexibility index (Phi) is 6.72. The first kappa shape index (κ1) is 21.5. The second-order valence-electron chi connectivity index (χ2n) is 7.64. The monoisotopic (exact) mass is 430 g/mol. The first-order chi connectivity index (χ1) is 15.6. The quantitative estimate of drug-likeness (QED) is 0.461. The van der Waals surface area contributed by atoms with Crippen LogP contribution in [0.5, 0.6) is 5.75 Å². The second kappa shape index (κ2) is 10.0. The van der Waals surface area contributed by atoms with Crippen LogP contribution < -0.4 is 10.3 Å². The van der Waals surface area contributed by atoms with Crippen molar-refractivity contribution in [1.82, 2.24) is 20.3 Å². The van der Waals surface area contributed by atoms with E-state index in [0.717, 1.165) is 37.6 Å². The Bertz CT molecular complexity index is 1080. The summed E-state index contributed by atoms with van der Waals surface area (Å²) in [6.07, 6.45) is 4.92. The predicted octanol–water partition coefficient (Wildman–Crippen LogP) is 2.66. The van der Waals surface area contributed by atoms with Crippen molar-refractivity contribution in [2.24, 2.45) is 5.10 Å². The van der Waals surface area contributed by atoms with Gasteiger partial charge in [-0.2, -0.15) is 5.10 Å². The maximum atomic E-state index is 12.2. The minimum atomic E-state index is -0.326. The third-order valence-electron chi connectivity index (χ3n) is 5.52. The van der Waals surface area contributed by atoms with Crippen LogP contribution in [0.1, 0.15) is 28.4 Å². The molecular weight excluding hydrogens is 404 g/mol. The van der Waals surface area contributed by atoms with Crippen LogP contribution in [0.15, 0.2) is 72.2 Å². The molecule has 0 spiro atoms. The van der Waals surface area contributed by atoms with Gasteiger partial charge in [-0.05, 0) is 37.3 Å². The minimum Gasteiger partial charge on any atom is -0.507 e. The molecule has 1 amide bonds. The molecule has 1 aliphatic heterocycles. The van der Waals surface area contributed by atoms with E-state index >= 15 is 0 Å². The van der Waals surface area contributed by atoms with Crippen LogP contribution in [0.3, 0.4) is 0 Å². The van der Waals surface area contributed by atoms with Gasteiger partial charge in [0.15, 0.2) is 0 Å². The van der Waals surface area contributed by atoms with E-state index in [2.05, 4.69) is 30.3 Å². The van der Waals surface area contributed by atoms with Gasteiger partial charge in [0.1, 0.15) is 11.6 Å². The van der Waals surface area contributed by atoms with E-state index < -0.39 is 0 Å². The van der Waals surface area contributed by atoms with Crippen molar-refractivity contribution in [3.05, 3.63) is 83.8 Å². The number of carbonyl (C=O) groups is 1. The van der Waals surface area contributed by atoms with Gasteiger partial charge < -0.3 is 10.0 Å². The molecule has 164 valence electrons. The first-order valence-corrected chi connectivity index (χ1v) is 10.6. The number of carbonyl (C=O) groups excluding carboxylic acids is 1. The number of piperazine rings is 1. The van der Waals surface area contributed by atoms with Gasteiger partial charge in [0, 0.05) is 68.0 Å². The summed E-state index contributed by atoms with van der Waals surface area (Å²) in [5, 5.41) is 15.0. The van der Waals surface area contributed by atoms with Gasteiger partial charge in [-0.3, -0.25) is 14.7 Å². The van der Waals surface area contributed by atoms with Crippen molar-refractivity contribution in [1.29, 1.82) is 0 Å². The highest BCUT2D eigenvalue weighted by molar-refractivity contribution is 6.02. The molecule has 0 atom stereocenters. The molecule has 1 saturated heterocycles. The molecule has 3 heterocycles. The van der Waals surface area contributed by atoms with E-state index in [-0.39, 0.29) is 11.7 Å². The van der Waals surface area contributed by atoms with Crippen LogP contribution >= 0.6 is 0 Å². The fourth-order valence-electron chi connectivity index (χ4n) is 3.69. The number of amides is 1. The fraction of sp³-hybridized carbons (Fsp3) is 0.250. The number of hydrogen-bond donors (Lipinski definition) is 2. The van der Waals surface area contributed by atoms with Crippen molar-refractivity contribution in [3.63, 3.8) is 0 Å². The highest BCUT2D eigenvalue weighted by Crippen LogP contribution is 2.25. The summed E-state index contributed by atoms with van der Waals surface area (Å²) < 4.78 is 0. The van der Waals surface area contributed by atoms with Crippen LogP contribution in [-0.4, -0.2) is 57.8 Å². The van der Waals surface area contributed by atoms with Gasteiger partial charge in [0.25, 0.3) is 5.91 Å². The van der Waals surface area contributed by atoms with Gasteiger partial charge in [-0.25, -0.2) is 10.4 Å². The van der Waals surface area contributed by atoms with Gasteiger partial charge in [-0.15, -0.1) is 0 Å². The number of para-hydroxylation sites is 1. The molecule has 1 aliphatic rings. The van der Waals surface area contributed by atoms with Crippen LogP contribution in [0.25, 0.3) is 0 Å². The second-order valence-corrected chi connectivity index (χ2v) is 7.64. The number of phenols is 1. The minimum absolute atomic E-state index is 0.194. The summed E-state index contributed by atoms with van der Waals surface area (Å²) in [5.74, 6) is 0.866. The number of anilines is 1. The van der Waals surface area contributed by atoms with Gasteiger partial charge in [0.05, 0.1) is 5.71 Å². The number of pyridine rings is 2. The maximum absolute atomic E-state index is 12.2. The van der Waals surface area contributed by atoms with Gasteiger partial charge >= 0.3 is 0 Å². The lowest BCUT2D eigenvalue weighted by Gasteiger charge is -2.35. The van der Waals surface area contributed by atoms with Crippen LogP contribution in [-0.2, 0) is 6.54 Å². The Hall–Kier alpha value is -3.78. The molecule has 2 N–H and O–H groups in total. The predicted molar refractivity (Wildman–Crippen MR) is 124 cm³/mol. The van der Waals surface area contributed by atoms with E-state index in [1.165, 1.54) is 0 Å². The van der Waals surface area contributed by atoms with E-state index in [1.807, 2.05) is 36.5 Å². The smallest absolute Gasteiger partial charge is 0.271 e. The number of phenolic OH excluding ortho intramolecular Hbond substituents is 1. The summed E-state index contributed by atoms with van der Waals surface area (Å²) >= 11 is 0. The summed E-state index contributed by atoms with van der Waals surface area (Å²) in [4.78, 5) is 25.1. The molecule has 2 aromatic heterocycles. The van der Waals surface area contributed by atoms with E-state index in [0.29, 0.717) is 23.4 Å². The number of rotatable bonds is 6. The molecule has 0 bridgehead atoms. The molecule has 0 radical (unpaired) electrons. The van der Waals surface area contributed by atoms with Crippen LogP contribution in [0, 0.1) is 0 Å². The van der Waals surface area contributed by atoms with Crippen LogP contribution in [0.4, 0.5) is 5.82 Å². The molecule has 1 aromatic carbocycles. The molecular formula is C24H26N6O2. The summed E-state index contributed by atoms with van der Waals surface area (Å²) in [6.45, 7) is 5.95. The van der Waals surface area contributed by atoms with E-state index in [9.17, 15) is 9.90 Å². The Morgan fingerprint density at radius 1 is 1.03 bits per heavy atom. The number of benzene rings is 1. The maximum Gasteiger partial charge on any atom is 0.271 e. The topological polar surface area (TPSA) is 94.0 Å². The molecule has 8 nitrogen and oxygen atoms in total. The summed E-state index contributed by atoms with van der Waals surface area (Å²) in [5.41, 5.74) is 4.98. The largest absolute Gasteiger partial charge is 0.507 e. The van der Waals surface area contributed by atoms with Crippen molar-refractivity contribution < 1.29 is 9.90 Å².